The van der Waals surface area contributed by atoms with Crippen LogP contribution < -0.4 is 5.73 Å². The molecule has 1 fully saturated rings. The van der Waals surface area contributed by atoms with Crippen LogP contribution in [0, 0.1) is 35.5 Å². The lowest BCUT2D eigenvalue weighted by molar-refractivity contribution is -0.153. The van der Waals surface area contributed by atoms with E-state index < -0.39 is 18.0 Å². The summed E-state index contributed by atoms with van der Waals surface area (Å²) in [5, 5.41) is 21.1. The molecule has 3 rings (SSSR count). The molecular formula is C38H57NO3. The number of nitrogens with two attached hydrogens (primary N) is 1. The third kappa shape index (κ3) is 11.0. The normalized spacial score (nSPS) is 23.0. The molecule has 7 unspecified atom stereocenters. The fourth-order valence-corrected chi connectivity index (χ4v) is 7.69. The van der Waals surface area contributed by atoms with Gasteiger partial charge in [0.2, 0.25) is 0 Å². The van der Waals surface area contributed by atoms with Crippen molar-refractivity contribution in [3.05, 3.63) is 83.9 Å². The molecule has 0 amide bonds. The van der Waals surface area contributed by atoms with Gasteiger partial charge in [-0.25, -0.2) is 0 Å². The Labute approximate surface area is 255 Å². The molecule has 0 heterocycles. The second-order valence-corrected chi connectivity index (χ2v) is 12.9. The molecule has 4 N–H and O–H groups in total. The van der Waals surface area contributed by atoms with Crippen LogP contribution in [0.25, 0.3) is 0 Å². The van der Waals surface area contributed by atoms with Gasteiger partial charge in [0.25, 0.3) is 0 Å². The number of hydrogen-bond acceptors (Lipinski definition) is 3. The van der Waals surface area contributed by atoms with Crippen LogP contribution in [0.3, 0.4) is 0 Å². The van der Waals surface area contributed by atoms with E-state index in [-0.39, 0.29) is 17.8 Å². The minimum absolute atomic E-state index is 0.0890. The van der Waals surface area contributed by atoms with Gasteiger partial charge in [0.05, 0.1) is 12.0 Å². The van der Waals surface area contributed by atoms with E-state index >= 15 is 0 Å². The summed E-state index contributed by atoms with van der Waals surface area (Å²) in [5.74, 6) is -0.347. The molecule has 42 heavy (non-hydrogen) atoms. The van der Waals surface area contributed by atoms with Gasteiger partial charge in [0.15, 0.2) is 0 Å². The highest BCUT2D eigenvalue weighted by Crippen LogP contribution is 2.49. The maximum Gasteiger partial charge on any atom is 0.309 e. The average molecular weight is 576 g/mol. The van der Waals surface area contributed by atoms with Crippen LogP contribution in [0.2, 0.25) is 0 Å². The Hall–Kier alpha value is -2.43. The van der Waals surface area contributed by atoms with Gasteiger partial charge in [-0.3, -0.25) is 4.79 Å². The summed E-state index contributed by atoms with van der Waals surface area (Å²) in [4.78, 5) is 12.6. The summed E-state index contributed by atoms with van der Waals surface area (Å²) in [5.41, 5.74) is 8.86. The molecule has 232 valence electrons. The van der Waals surface area contributed by atoms with Crippen molar-refractivity contribution in [2.45, 2.75) is 103 Å². The maximum absolute atomic E-state index is 12.6. The molecule has 2 aromatic carbocycles. The summed E-state index contributed by atoms with van der Waals surface area (Å²) in [6, 6.07) is 21.2. The van der Waals surface area contributed by atoms with Gasteiger partial charge in [-0.05, 0) is 118 Å². The van der Waals surface area contributed by atoms with E-state index in [9.17, 15) is 15.0 Å². The van der Waals surface area contributed by atoms with Crippen molar-refractivity contribution in [1.29, 1.82) is 0 Å². The molecule has 1 aliphatic carbocycles. The summed E-state index contributed by atoms with van der Waals surface area (Å²) in [6.45, 7) is 4.47. The molecule has 0 aromatic heterocycles. The standard InChI is InChI=1S/C38H57NO3/c1-3-4-5-6-7-8-11-20-32(22-21-30-16-12-9-13-17-30)27-33-23-24-34(28-31-18-14-10-15-19-31)37(35(33)25-26-39)36(29(2)40)38(41)42/h8-19,29,32-37,40H,3-7,20-28,39H2,1-2H3,(H,41,42). The van der Waals surface area contributed by atoms with Crippen molar-refractivity contribution in [3.8, 4) is 0 Å². The number of aryl methyl sites for hydroxylation is 1. The first kappa shape index (κ1) is 34.1. The number of rotatable bonds is 19. The average Bonchev–Trinajstić information content (AvgIpc) is 2.98. The fourth-order valence-electron chi connectivity index (χ4n) is 7.69. The van der Waals surface area contributed by atoms with Crippen molar-refractivity contribution in [2.75, 3.05) is 6.54 Å². The number of hydrogen-bond donors (Lipinski definition) is 3. The minimum atomic E-state index is -0.894. The minimum Gasteiger partial charge on any atom is -0.481 e. The Morgan fingerprint density at radius 1 is 0.952 bits per heavy atom. The zero-order valence-corrected chi connectivity index (χ0v) is 26.2. The van der Waals surface area contributed by atoms with Crippen LogP contribution in [-0.2, 0) is 17.6 Å². The Bertz CT molecular complexity index is 1020. The predicted molar refractivity (Wildman–Crippen MR) is 175 cm³/mol. The smallest absolute Gasteiger partial charge is 0.309 e. The lowest BCUT2D eigenvalue weighted by Gasteiger charge is -2.47. The number of benzene rings is 2. The van der Waals surface area contributed by atoms with Gasteiger partial charge in [-0.1, -0.05) is 99.0 Å². The highest BCUT2D eigenvalue weighted by Gasteiger charge is 2.47. The number of aliphatic hydroxyl groups is 1. The van der Waals surface area contributed by atoms with Crippen LogP contribution in [0.5, 0.6) is 0 Å². The topological polar surface area (TPSA) is 83.5 Å². The number of allylic oxidation sites excluding steroid dienone is 2. The zero-order chi connectivity index (χ0) is 30.2. The van der Waals surface area contributed by atoms with E-state index in [0.717, 1.165) is 57.8 Å². The van der Waals surface area contributed by atoms with Crippen molar-refractivity contribution >= 4 is 5.97 Å². The summed E-state index contributed by atoms with van der Waals surface area (Å²) < 4.78 is 0. The molecule has 4 nitrogen and oxygen atoms in total. The summed E-state index contributed by atoms with van der Waals surface area (Å²) in [7, 11) is 0. The van der Waals surface area contributed by atoms with Crippen LogP contribution in [0.4, 0.5) is 0 Å². The van der Waals surface area contributed by atoms with Crippen molar-refractivity contribution in [1.82, 2.24) is 0 Å². The molecule has 4 heteroatoms. The predicted octanol–water partition coefficient (Wildman–Crippen LogP) is 8.47. The van der Waals surface area contributed by atoms with E-state index in [0.29, 0.717) is 18.4 Å². The monoisotopic (exact) mass is 575 g/mol. The number of unbranched alkanes of at least 4 members (excludes halogenated alkanes) is 4. The molecule has 0 aliphatic heterocycles. The second kappa shape index (κ2) is 19.0. The number of carbonyl (C=O) groups is 1. The zero-order valence-electron chi connectivity index (χ0n) is 26.2. The number of carboxylic acids is 1. The highest BCUT2D eigenvalue weighted by atomic mass is 16.4. The van der Waals surface area contributed by atoms with Gasteiger partial charge < -0.3 is 15.9 Å². The fraction of sp³-hybridized carbons (Fsp3) is 0.605. The number of aliphatic hydroxyl groups excluding tert-OH is 1. The van der Waals surface area contributed by atoms with Gasteiger partial charge in [0, 0.05) is 0 Å². The molecule has 2 aromatic rings. The van der Waals surface area contributed by atoms with E-state index in [1.165, 1.54) is 36.8 Å². The van der Waals surface area contributed by atoms with E-state index in [1.807, 2.05) is 6.07 Å². The lowest BCUT2D eigenvalue weighted by Crippen LogP contribution is -2.47. The summed E-state index contributed by atoms with van der Waals surface area (Å²) >= 11 is 0. The first-order valence-corrected chi connectivity index (χ1v) is 16.8. The van der Waals surface area contributed by atoms with Crippen LogP contribution in [0.1, 0.15) is 95.6 Å². The number of carboxylic acid groups (broad SMARTS) is 1. The Balaban J connectivity index is 1.81. The van der Waals surface area contributed by atoms with Crippen LogP contribution >= 0.6 is 0 Å². The quantitative estimate of drug-likeness (QED) is 0.116. The Morgan fingerprint density at radius 2 is 1.62 bits per heavy atom. The second-order valence-electron chi connectivity index (χ2n) is 12.9. The molecule has 0 spiro atoms. The molecule has 7 atom stereocenters. The molecule has 0 radical (unpaired) electrons. The van der Waals surface area contributed by atoms with E-state index in [4.69, 9.17) is 5.73 Å². The van der Waals surface area contributed by atoms with Gasteiger partial charge >= 0.3 is 5.97 Å². The molecule has 0 bridgehead atoms. The van der Waals surface area contributed by atoms with Crippen molar-refractivity contribution in [2.24, 2.45) is 41.2 Å². The van der Waals surface area contributed by atoms with Crippen LogP contribution in [-0.4, -0.2) is 28.8 Å². The highest BCUT2D eigenvalue weighted by molar-refractivity contribution is 5.71. The SMILES string of the molecule is CCCCCCC=CCC(CCc1ccccc1)CC1CCC(Cc2ccccc2)C(C(C(=O)O)C(C)O)C1CCN. The largest absolute Gasteiger partial charge is 0.481 e. The van der Waals surface area contributed by atoms with Gasteiger partial charge in [0.1, 0.15) is 0 Å². The Morgan fingerprint density at radius 3 is 2.24 bits per heavy atom. The lowest BCUT2D eigenvalue weighted by atomic mass is 9.57. The van der Waals surface area contributed by atoms with Crippen molar-refractivity contribution in [3.63, 3.8) is 0 Å². The molecule has 1 aliphatic rings. The maximum atomic E-state index is 12.6. The first-order valence-electron chi connectivity index (χ1n) is 16.8. The first-order chi connectivity index (χ1) is 20.4. The number of aliphatic carboxylic acids is 1. The van der Waals surface area contributed by atoms with E-state index in [1.54, 1.807) is 6.92 Å². The molecule has 1 saturated carbocycles. The van der Waals surface area contributed by atoms with E-state index in [2.05, 4.69) is 73.7 Å². The molecule has 0 saturated heterocycles. The summed E-state index contributed by atoms with van der Waals surface area (Å²) in [6.07, 6.45) is 18.3. The van der Waals surface area contributed by atoms with Gasteiger partial charge in [-0.15, -0.1) is 0 Å². The molecular weight excluding hydrogens is 518 g/mol. The van der Waals surface area contributed by atoms with Gasteiger partial charge in [-0.2, -0.15) is 0 Å². The van der Waals surface area contributed by atoms with Crippen molar-refractivity contribution < 1.29 is 15.0 Å². The Kier molecular flexibility index (Phi) is 15.4. The third-order valence-corrected chi connectivity index (χ3v) is 9.79. The van der Waals surface area contributed by atoms with Crippen LogP contribution in [0.15, 0.2) is 72.8 Å². The third-order valence-electron chi connectivity index (χ3n) is 9.79.